The molecule has 2 aromatic carbocycles. The Labute approximate surface area is 125 Å². The van der Waals surface area contributed by atoms with E-state index in [1.807, 2.05) is 36.4 Å². The van der Waals surface area contributed by atoms with Gasteiger partial charge in [0.25, 0.3) is 0 Å². The first kappa shape index (κ1) is 12.6. The van der Waals surface area contributed by atoms with Gasteiger partial charge >= 0.3 is 0 Å². The molecule has 0 unspecified atom stereocenters. The summed E-state index contributed by atoms with van der Waals surface area (Å²) < 4.78 is 1.06. The number of hydrogen-bond acceptors (Lipinski definition) is 3. The number of nitrogens with one attached hydrogen (secondary N) is 1. The lowest BCUT2D eigenvalue weighted by atomic mass is 10.1. The fourth-order valence-corrected chi connectivity index (χ4v) is 2.57. The molecule has 0 atom stereocenters. The van der Waals surface area contributed by atoms with Crippen molar-refractivity contribution in [2.75, 3.05) is 5.32 Å². The Morgan fingerprint density at radius 3 is 2.65 bits per heavy atom. The highest BCUT2D eigenvalue weighted by atomic mass is 79.9. The number of fused-ring (bicyclic) bond motifs is 1. The van der Waals surface area contributed by atoms with Crippen LogP contribution in [0.25, 0.3) is 10.8 Å². The van der Waals surface area contributed by atoms with Crippen molar-refractivity contribution in [1.82, 2.24) is 4.98 Å². The van der Waals surface area contributed by atoms with Gasteiger partial charge in [-0.2, -0.15) is 5.26 Å². The summed E-state index contributed by atoms with van der Waals surface area (Å²) in [6, 6.07) is 17.8. The molecule has 0 bridgehead atoms. The van der Waals surface area contributed by atoms with Crippen molar-refractivity contribution in [3.63, 3.8) is 0 Å². The van der Waals surface area contributed by atoms with Crippen LogP contribution >= 0.6 is 15.9 Å². The number of nitrogens with zero attached hydrogens (tertiary/aromatic N) is 2. The molecule has 96 valence electrons. The molecule has 0 fully saturated rings. The number of rotatable bonds is 2. The van der Waals surface area contributed by atoms with E-state index in [1.54, 1.807) is 12.3 Å². The molecular formula is C16H10BrN3. The van der Waals surface area contributed by atoms with Gasteiger partial charge in [-0.05, 0) is 29.7 Å². The smallest absolute Gasteiger partial charge is 0.142 e. The van der Waals surface area contributed by atoms with Crippen LogP contribution in [0, 0.1) is 11.3 Å². The summed E-state index contributed by atoms with van der Waals surface area (Å²) in [4.78, 5) is 3.97. The number of hydrogen-bond donors (Lipinski definition) is 1. The molecule has 0 aliphatic carbocycles. The third kappa shape index (κ3) is 2.36. The van der Waals surface area contributed by atoms with Crippen LogP contribution in [-0.4, -0.2) is 4.98 Å². The average molecular weight is 324 g/mol. The Hall–Kier alpha value is -2.38. The van der Waals surface area contributed by atoms with E-state index in [0.29, 0.717) is 5.69 Å². The summed E-state index contributed by atoms with van der Waals surface area (Å²) in [6.07, 6.45) is 1.63. The van der Waals surface area contributed by atoms with Crippen molar-refractivity contribution >= 4 is 38.1 Å². The first-order chi connectivity index (χ1) is 9.78. The van der Waals surface area contributed by atoms with Gasteiger partial charge in [-0.15, -0.1) is 0 Å². The summed E-state index contributed by atoms with van der Waals surface area (Å²) in [5.74, 6) is 0. The highest BCUT2D eigenvalue weighted by Gasteiger charge is 2.04. The lowest BCUT2D eigenvalue weighted by molar-refractivity contribution is 1.26. The summed E-state index contributed by atoms with van der Waals surface area (Å²) in [6.45, 7) is 0. The summed E-state index contributed by atoms with van der Waals surface area (Å²) in [5, 5.41) is 14.5. The normalized spacial score (nSPS) is 10.2. The molecule has 0 radical (unpaired) electrons. The molecule has 1 heterocycles. The van der Waals surface area contributed by atoms with E-state index in [9.17, 15) is 0 Å². The summed E-state index contributed by atoms with van der Waals surface area (Å²) in [5.41, 5.74) is 2.25. The van der Waals surface area contributed by atoms with Gasteiger partial charge in [0.05, 0.1) is 0 Å². The molecule has 0 saturated heterocycles. The maximum absolute atomic E-state index is 8.89. The maximum Gasteiger partial charge on any atom is 0.142 e. The Balaban J connectivity index is 2.07. The molecule has 4 heteroatoms. The number of nitriles is 1. The second-order valence-electron chi connectivity index (χ2n) is 4.31. The van der Waals surface area contributed by atoms with Gasteiger partial charge in [-0.3, -0.25) is 0 Å². The van der Waals surface area contributed by atoms with Crippen LogP contribution in [0.5, 0.6) is 0 Å². The van der Waals surface area contributed by atoms with Gasteiger partial charge in [0.15, 0.2) is 0 Å². The molecule has 3 aromatic rings. The molecule has 3 nitrogen and oxygen atoms in total. The zero-order valence-corrected chi connectivity index (χ0v) is 12.1. The van der Waals surface area contributed by atoms with E-state index < -0.39 is 0 Å². The zero-order valence-electron chi connectivity index (χ0n) is 10.5. The minimum atomic E-state index is 0.399. The molecule has 0 saturated carbocycles. The Morgan fingerprint density at radius 2 is 1.85 bits per heavy atom. The first-order valence-electron chi connectivity index (χ1n) is 6.08. The van der Waals surface area contributed by atoms with E-state index in [0.717, 1.165) is 26.6 Å². The Morgan fingerprint density at radius 1 is 1.05 bits per heavy atom. The molecule has 20 heavy (non-hydrogen) atoms. The van der Waals surface area contributed by atoms with Gasteiger partial charge in [-0.25, -0.2) is 4.98 Å². The Kier molecular flexibility index (Phi) is 3.36. The fraction of sp³-hybridized carbons (Fsp3) is 0. The second-order valence-corrected chi connectivity index (χ2v) is 5.16. The van der Waals surface area contributed by atoms with Crippen LogP contribution in [0.1, 0.15) is 5.69 Å². The highest BCUT2D eigenvalue weighted by Crippen LogP contribution is 2.31. The maximum atomic E-state index is 8.89. The highest BCUT2D eigenvalue weighted by molar-refractivity contribution is 9.10. The molecule has 3 rings (SSSR count). The monoisotopic (exact) mass is 323 g/mol. The van der Waals surface area contributed by atoms with E-state index in [4.69, 9.17) is 5.26 Å². The van der Waals surface area contributed by atoms with Gasteiger partial charge < -0.3 is 5.32 Å². The van der Waals surface area contributed by atoms with Crippen LogP contribution in [-0.2, 0) is 0 Å². The predicted molar refractivity (Wildman–Crippen MR) is 83.9 cm³/mol. The number of halogens is 1. The van der Waals surface area contributed by atoms with Crippen LogP contribution in [0.15, 0.2) is 59.2 Å². The van der Waals surface area contributed by atoms with Crippen LogP contribution in [0.2, 0.25) is 0 Å². The lowest BCUT2D eigenvalue weighted by Crippen LogP contribution is -1.93. The minimum Gasteiger partial charge on any atom is -0.355 e. The standard InChI is InChI=1S/C16H10BrN3/c17-15-5-6-16(14-4-2-1-3-13(14)15)20-11-7-8-19-12(9-11)10-18/h1-9H,(H,19,20). The summed E-state index contributed by atoms with van der Waals surface area (Å²) >= 11 is 3.56. The van der Waals surface area contributed by atoms with Crippen molar-refractivity contribution in [3.8, 4) is 6.07 Å². The van der Waals surface area contributed by atoms with Crippen molar-refractivity contribution < 1.29 is 0 Å². The lowest BCUT2D eigenvalue weighted by Gasteiger charge is -2.11. The number of benzene rings is 2. The van der Waals surface area contributed by atoms with E-state index >= 15 is 0 Å². The van der Waals surface area contributed by atoms with E-state index in [1.165, 1.54) is 0 Å². The van der Waals surface area contributed by atoms with E-state index in [2.05, 4.69) is 38.4 Å². The second kappa shape index (κ2) is 5.32. The minimum absolute atomic E-state index is 0.399. The quantitative estimate of drug-likeness (QED) is 0.749. The van der Waals surface area contributed by atoms with Gasteiger partial charge in [0.2, 0.25) is 0 Å². The van der Waals surface area contributed by atoms with Gasteiger partial charge in [0, 0.05) is 27.4 Å². The van der Waals surface area contributed by atoms with Crippen LogP contribution in [0.4, 0.5) is 11.4 Å². The predicted octanol–water partition coefficient (Wildman–Crippen LogP) is 4.61. The fourth-order valence-electron chi connectivity index (χ4n) is 2.10. The third-order valence-corrected chi connectivity index (χ3v) is 3.72. The molecule has 0 aliphatic heterocycles. The topological polar surface area (TPSA) is 48.7 Å². The largest absolute Gasteiger partial charge is 0.355 e. The molecular weight excluding hydrogens is 314 g/mol. The molecule has 0 spiro atoms. The Bertz CT molecular complexity index is 821. The van der Waals surface area contributed by atoms with Crippen molar-refractivity contribution in [3.05, 3.63) is 64.9 Å². The van der Waals surface area contributed by atoms with Crippen LogP contribution < -0.4 is 5.32 Å². The van der Waals surface area contributed by atoms with Crippen molar-refractivity contribution in [2.24, 2.45) is 0 Å². The number of aromatic nitrogens is 1. The SMILES string of the molecule is N#Cc1cc(Nc2ccc(Br)c3ccccc23)ccn1. The molecule has 1 N–H and O–H groups in total. The number of anilines is 2. The first-order valence-corrected chi connectivity index (χ1v) is 6.87. The van der Waals surface area contributed by atoms with Gasteiger partial charge in [0.1, 0.15) is 11.8 Å². The average Bonchev–Trinajstić information content (AvgIpc) is 2.51. The van der Waals surface area contributed by atoms with Crippen molar-refractivity contribution in [1.29, 1.82) is 5.26 Å². The molecule has 0 aliphatic rings. The summed E-state index contributed by atoms with van der Waals surface area (Å²) in [7, 11) is 0. The van der Waals surface area contributed by atoms with Crippen LogP contribution in [0.3, 0.4) is 0 Å². The third-order valence-electron chi connectivity index (χ3n) is 3.02. The van der Waals surface area contributed by atoms with Gasteiger partial charge in [-0.1, -0.05) is 40.2 Å². The molecule has 1 aromatic heterocycles. The number of pyridine rings is 1. The van der Waals surface area contributed by atoms with Crippen molar-refractivity contribution in [2.45, 2.75) is 0 Å². The van der Waals surface area contributed by atoms with E-state index in [-0.39, 0.29) is 0 Å². The zero-order chi connectivity index (χ0) is 13.9. The molecule has 0 amide bonds.